The highest BCUT2D eigenvalue weighted by Crippen LogP contribution is 2.38. The summed E-state index contributed by atoms with van der Waals surface area (Å²) in [6.07, 6.45) is 4.21. The molecule has 0 unspecified atom stereocenters. The third-order valence-electron chi connectivity index (χ3n) is 5.40. The molecule has 0 atom stereocenters. The quantitative estimate of drug-likeness (QED) is 0.545. The van der Waals surface area contributed by atoms with Gasteiger partial charge in [0.2, 0.25) is 0 Å². The largest absolute Gasteiger partial charge is 0.465 e. The molecule has 0 saturated heterocycles. The summed E-state index contributed by atoms with van der Waals surface area (Å²) < 4.78 is 4.86. The van der Waals surface area contributed by atoms with Gasteiger partial charge in [0.05, 0.1) is 41.3 Å². The monoisotopic (exact) mass is 372 g/mol. The van der Waals surface area contributed by atoms with Crippen LogP contribution in [0.25, 0.3) is 33.1 Å². The van der Waals surface area contributed by atoms with Crippen molar-refractivity contribution in [1.82, 2.24) is 15.2 Å². The van der Waals surface area contributed by atoms with Crippen LogP contribution < -0.4 is 4.90 Å². The molecule has 1 aliphatic carbocycles. The number of ether oxygens (including phenoxy) is 1. The Hall–Kier alpha value is -3.41. The lowest BCUT2D eigenvalue weighted by atomic mass is 10.0. The van der Waals surface area contributed by atoms with Crippen LogP contribution in [0.1, 0.15) is 23.2 Å². The highest BCUT2D eigenvalue weighted by molar-refractivity contribution is 5.97. The van der Waals surface area contributed by atoms with Crippen LogP contribution in [0.3, 0.4) is 0 Å². The van der Waals surface area contributed by atoms with E-state index in [1.54, 1.807) is 6.07 Å². The molecular formula is C22H20N4O2. The molecule has 0 aliphatic heterocycles. The van der Waals surface area contributed by atoms with Gasteiger partial charge < -0.3 is 9.64 Å². The van der Waals surface area contributed by atoms with Crippen LogP contribution in [-0.2, 0) is 4.74 Å². The standard InChI is InChI=1S/C22H20N4O2/c1-26(17-5-6-17)20-11-15-10-14(22(27)28-2)4-7-18(15)24-21(20)13-3-8-19-16(9-13)12-23-25-19/h3-4,7-12,17H,5-6H2,1-2H3,(H,23,25). The average Bonchev–Trinajstić information content (AvgIpc) is 3.48. The molecule has 1 aliphatic rings. The van der Waals surface area contributed by atoms with Crippen molar-refractivity contribution in [3.8, 4) is 11.3 Å². The Balaban J connectivity index is 1.71. The molecule has 6 heteroatoms. The van der Waals surface area contributed by atoms with E-state index >= 15 is 0 Å². The number of aromatic nitrogens is 3. The van der Waals surface area contributed by atoms with Crippen LogP contribution in [-0.4, -0.2) is 41.3 Å². The molecule has 0 radical (unpaired) electrons. The highest BCUT2D eigenvalue weighted by Gasteiger charge is 2.28. The Kier molecular flexibility index (Phi) is 3.79. The molecule has 28 heavy (non-hydrogen) atoms. The maximum Gasteiger partial charge on any atom is 0.337 e. The van der Waals surface area contributed by atoms with Crippen LogP contribution in [0.5, 0.6) is 0 Å². The van der Waals surface area contributed by atoms with E-state index < -0.39 is 0 Å². The first-order valence-electron chi connectivity index (χ1n) is 9.33. The Morgan fingerprint density at radius 1 is 1.14 bits per heavy atom. The number of rotatable bonds is 4. The first-order chi connectivity index (χ1) is 13.6. The van der Waals surface area contributed by atoms with Gasteiger partial charge in [-0.2, -0.15) is 5.10 Å². The molecule has 140 valence electrons. The summed E-state index contributed by atoms with van der Waals surface area (Å²) in [6, 6.07) is 14.4. The molecule has 5 rings (SSSR count). The van der Waals surface area contributed by atoms with Gasteiger partial charge in [0, 0.05) is 29.4 Å². The van der Waals surface area contributed by atoms with Crippen LogP contribution in [0, 0.1) is 0 Å². The fourth-order valence-electron chi connectivity index (χ4n) is 3.64. The van der Waals surface area contributed by atoms with Crippen molar-refractivity contribution in [1.29, 1.82) is 0 Å². The molecule has 0 spiro atoms. The van der Waals surface area contributed by atoms with E-state index in [0.29, 0.717) is 11.6 Å². The highest BCUT2D eigenvalue weighted by atomic mass is 16.5. The number of fused-ring (bicyclic) bond motifs is 2. The number of carbonyl (C=O) groups is 1. The summed E-state index contributed by atoms with van der Waals surface area (Å²) in [5, 5.41) is 9.09. The van der Waals surface area contributed by atoms with Gasteiger partial charge in [-0.1, -0.05) is 6.07 Å². The van der Waals surface area contributed by atoms with E-state index in [-0.39, 0.29) is 5.97 Å². The maximum atomic E-state index is 11.9. The third kappa shape index (κ3) is 2.78. The maximum absolute atomic E-state index is 11.9. The number of methoxy groups -OCH3 is 1. The predicted molar refractivity (Wildman–Crippen MR) is 110 cm³/mol. The van der Waals surface area contributed by atoms with E-state index in [9.17, 15) is 4.79 Å². The molecule has 0 amide bonds. The average molecular weight is 372 g/mol. The number of aromatic amines is 1. The minimum absolute atomic E-state index is 0.339. The van der Waals surface area contributed by atoms with Crippen molar-refractivity contribution in [2.75, 3.05) is 19.1 Å². The summed E-state index contributed by atoms with van der Waals surface area (Å²) in [5.74, 6) is -0.339. The van der Waals surface area contributed by atoms with Crippen molar-refractivity contribution in [2.45, 2.75) is 18.9 Å². The number of hydrogen-bond donors (Lipinski definition) is 1. The topological polar surface area (TPSA) is 71.1 Å². The number of esters is 1. The van der Waals surface area contributed by atoms with E-state index in [1.807, 2.05) is 24.4 Å². The van der Waals surface area contributed by atoms with Gasteiger partial charge in [-0.15, -0.1) is 0 Å². The van der Waals surface area contributed by atoms with Gasteiger partial charge in [0.25, 0.3) is 0 Å². The Morgan fingerprint density at radius 3 is 2.79 bits per heavy atom. The van der Waals surface area contributed by atoms with E-state index in [0.717, 1.165) is 38.8 Å². The molecule has 1 N–H and O–H groups in total. The van der Waals surface area contributed by atoms with Crippen molar-refractivity contribution in [3.63, 3.8) is 0 Å². The van der Waals surface area contributed by atoms with Crippen molar-refractivity contribution in [2.24, 2.45) is 0 Å². The first kappa shape index (κ1) is 16.7. The van der Waals surface area contributed by atoms with Gasteiger partial charge in [0.15, 0.2) is 0 Å². The smallest absolute Gasteiger partial charge is 0.337 e. The van der Waals surface area contributed by atoms with E-state index in [4.69, 9.17) is 9.72 Å². The molecule has 6 nitrogen and oxygen atoms in total. The molecular weight excluding hydrogens is 352 g/mol. The molecule has 1 fully saturated rings. The van der Waals surface area contributed by atoms with Gasteiger partial charge in [-0.25, -0.2) is 9.78 Å². The lowest BCUT2D eigenvalue weighted by Crippen LogP contribution is -2.20. The number of nitrogens with one attached hydrogen (secondary N) is 1. The molecule has 0 bridgehead atoms. The van der Waals surface area contributed by atoms with Gasteiger partial charge in [0.1, 0.15) is 0 Å². The van der Waals surface area contributed by atoms with Crippen LogP contribution >= 0.6 is 0 Å². The first-order valence-corrected chi connectivity index (χ1v) is 9.33. The van der Waals surface area contributed by atoms with Crippen LogP contribution in [0.2, 0.25) is 0 Å². The third-order valence-corrected chi connectivity index (χ3v) is 5.40. The zero-order valence-corrected chi connectivity index (χ0v) is 15.8. The number of pyridine rings is 1. The summed E-state index contributed by atoms with van der Waals surface area (Å²) in [7, 11) is 3.51. The predicted octanol–water partition coefficient (Wildman–Crippen LogP) is 4.16. The minimum atomic E-state index is -0.339. The summed E-state index contributed by atoms with van der Waals surface area (Å²) >= 11 is 0. The normalized spacial score (nSPS) is 13.8. The second kappa shape index (κ2) is 6.34. The minimum Gasteiger partial charge on any atom is -0.465 e. The zero-order valence-electron chi connectivity index (χ0n) is 15.8. The lowest BCUT2D eigenvalue weighted by Gasteiger charge is -2.22. The second-order valence-electron chi connectivity index (χ2n) is 7.27. The van der Waals surface area contributed by atoms with Gasteiger partial charge in [-0.3, -0.25) is 5.10 Å². The Labute approximate surface area is 162 Å². The number of carbonyl (C=O) groups excluding carboxylic acids is 1. The fraction of sp³-hybridized carbons (Fsp3) is 0.227. The number of hydrogen-bond acceptors (Lipinski definition) is 5. The van der Waals surface area contributed by atoms with E-state index in [2.05, 4.69) is 40.3 Å². The second-order valence-corrected chi connectivity index (χ2v) is 7.27. The molecule has 2 aromatic carbocycles. The van der Waals surface area contributed by atoms with E-state index in [1.165, 1.54) is 20.0 Å². The number of benzene rings is 2. The van der Waals surface area contributed by atoms with Crippen LogP contribution in [0.4, 0.5) is 5.69 Å². The molecule has 2 aromatic heterocycles. The molecule has 4 aromatic rings. The fourth-order valence-corrected chi connectivity index (χ4v) is 3.64. The van der Waals surface area contributed by atoms with Gasteiger partial charge in [-0.05, 0) is 49.2 Å². The zero-order chi connectivity index (χ0) is 19.3. The Bertz CT molecular complexity index is 1210. The number of anilines is 1. The van der Waals surface area contributed by atoms with Crippen molar-refractivity contribution in [3.05, 3.63) is 54.2 Å². The van der Waals surface area contributed by atoms with Crippen LogP contribution in [0.15, 0.2) is 48.7 Å². The molecule has 2 heterocycles. The summed E-state index contributed by atoms with van der Waals surface area (Å²) in [6.45, 7) is 0. The number of H-pyrrole nitrogens is 1. The molecule has 1 saturated carbocycles. The lowest BCUT2D eigenvalue weighted by molar-refractivity contribution is 0.0601. The van der Waals surface area contributed by atoms with Crippen molar-refractivity contribution >= 4 is 33.5 Å². The SMILES string of the molecule is COC(=O)c1ccc2nc(-c3ccc4[nH]ncc4c3)c(N(C)C3CC3)cc2c1. The summed E-state index contributed by atoms with van der Waals surface area (Å²) in [4.78, 5) is 19.2. The van der Waals surface area contributed by atoms with Crippen molar-refractivity contribution < 1.29 is 9.53 Å². The number of nitrogens with zero attached hydrogens (tertiary/aromatic N) is 3. The van der Waals surface area contributed by atoms with Gasteiger partial charge >= 0.3 is 5.97 Å². The Morgan fingerprint density at radius 2 is 2.00 bits per heavy atom. The summed E-state index contributed by atoms with van der Waals surface area (Å²) in [5.41, 5.74) is 5.45.